The molecule has 0 aliphatic carbocycles. The fourth-order valence-corrected chi connectivity index (χ4v) is 7.55. The maximum Gasteiger partial charge on any atom is 0.136 e. The summed E-state index contributed by atoms with van der Waals surface area (Å²) in [6.45, 7) is 0. The molecule has 0 aliphatic heterocycles. The molecule has 0 spiro atoms. The lowest BCUT2D eigenvalue weighted by Crippen LogP contribution is -1.92. The summed E-state index contributed by atoms with van der Waals surface area (Å²) in [5.74, 6) is 0. The molecule has 51 heavy (non-hydrogen) atoms. The van der Waals surface area contributed by atoms with E-state index in [0.717, 1.165) is 32.7 Å². The van der Waals surface area contributed by atoms with Crippen LogP contribution < -0.4 is 0 Å². The Hall–Kier alpha value is -6.70. The lowest BCUT2D eigenvalue weighted by atomic mass is 9.83. The van der Waals surface area contributed by atoms with Gasteiger partial charge in [0.25, 0.3) is 0 Å². The molecule has 0 bridgehead atoms. The van der Waals surface area contributed by atoms with Crippen molar-refractivity contribution in [3.63, 3.8) is 0 Å². The largest absolute Gasteiger partial charge is 0.456 e. The third-order valence-electron chi connectivity index (χ3n) is 9.72. The number of benzene rings is 10. The zero-order valence-electron chi connectivity index (χ0n) is 41.6. The highest BCUT2D eigenvalue weighted by Gasteiger charge is 2.20. The minimum atomic E-state index is -0.739. The molecule has 11 aromatic rings. The van der Waals surface area contributed by atoms with Crippen molar-refractivity contribution < 1.29 is 25.0 Å². The highest BCUT2D eigenvalue weighted by Crippen LogP contribution is 2.47. The van der Waals surface area contributed by atoms with Crippen molar-refractivity contribution in [3.8, 4) is 33.4 Å². The van der Waals surface area contributed by atoms with Crippen LogP contribution in [0.3, 0.4) is 0 Å². The number of rotatable bonds is 3. The molecule has 10 aromatic carbocycles. The standard InChI is InChI=1S/C50H30O/c1-2-13-32-28-35(27-26-31(32)12-1)48-41-16-5-7-18-43(41)49(44-19-8-6-17-42(44)48)39-23-10-20-36-37(39)21-9-22-38(36)40-24-11-25-46-50(40)45-29-33-14-3-4-15-34(33)30-47(45)51-46/h1-30H/i1D,2D,5D,6D,7D,8D,12D,13D,16D,17D,18D,19D,26D,27D,28D. The number of hydrogen-bond donors (Lipinski definition) is 0. The molecular weight excluding hydrogens is 617 g/mol. The van der Waals surface area contributed by atoms with Crippen molar-refractivity contribution in [2.75, 3.05) is 0 Å². The van der Waals surface area contributed by atoms with Gasteiger partial charge in [-0.2, -0.15) is 0 Å². The topological polar surface area (TPSA) is 13.1 Å². The van der Waals surface area contributed by atoms with E-state index in [-0.39, 0.29) is 32.7 Å². The molecule has 0 saturated heterocycles. The lowest BCUT2D eigenvalue weighted by molar-refractivity contribution is 0.669. The van der Waals surface area contributed by atoms with Crippen LogP contribution in [0.25, 0.3) is 109 Å². The Labute approximate surface area is 315 Å². The van der Waals surface area contributed by atoms with Gasteiger partial charge in [0.05, 0.1) is 20.6 Å². The summed E-state index contributed by atoms with van der Waals surface area (Å²) < 4.78 is 142. The van der Waals surface area contributed by atoms with E-state index in [4.69, 9.17) is 16.8 Å². The quantitative estimate of drug-likeness (QED) is 0.172. The van der Waals surface area contributed by atoms with E-state index in [1.54, 1.807) is 12.1 Å². The Morgan fingerprint density at radius 2 is 0.961 bits per heavy atom. The normalized spacial score (nSPS) is 16.0. The Kier molecular flexibility index (Phi) is 3.70. The van der Waals surface area contributed by atoms with Crippen LogP contribution in [0.2, 0.25) is 0 Å². The van der Waals surface area contributed by atoms with Gasteiger partial charge in [0.1, 0.15) is 11.2 Å². The zero-order chi connectivity index (χ0) is 46.5. The minimum absolute atomic E-state index is 0.0378. The molecule has 0 fully saturated rings. The molecule has 0 atom stereocenters. The molecule has 0 radical (unpaired) electrons. The Balaban J connectivity index is 1.33. The Bertz CT molecular complexity index is 3980. The van der Waals surface area contributed by atoms with E-state index >= 15 is 0 Å². The molecule has 1 heterocycles. The fraction of sp³-hybridized carbons (Fsp3) is 0. The van der Waals surface area contributed by atoms with Gasteiger partial charge in [-0.05, 0) is 111 Å². The Morgan fingerprint density at radius 1 is 0.373 bits per heavy atom. The van der Waals surface area contributed by atoms with E-state index in [1.807, 2.05) is 72.8 Å². The summed E-state index contributed by atoms with van der Waals surface area (Å²) >= 11 is 0. The molecule has 1 nitrogen and oxygen atoms in total. The first-order valence-corrected chi connectivity index (χ1v) is 16.4. The molecule has 1 aromatic heterocycles. The zero-order valence-corrected chi connectivity index (χ0v) is 26.6. The van der Waals surface area contributed by atoms with Crippen molar-refractivity contribution in [1.82, 2.24) is 0 Å². The van der Waals surface area contributed by atoms with Crippen molar-refractivity contribution in [1.29, 1.82) is 0 Å². The summed E-state index contributed by atoms with van der Waals surface area (Å²) in [4.78, 5) is 0. The highest BCUT2D eigenvalue weighted by atomic mass is 16.3. The smallest absolute Gasteiger partial charge is 0.136 e. The maximum atomic E-state index is 9.53. The minimum Gasteiger partial charge on any atom is -0.456 e. The fourth-order valence-electron chi connectivity index (χ4n) is 7.55. The van der Waals surface area contributed by atoms with E-state index in [2.05, 4.69) is 6.07 Å². The van der Waals surface area contributed by atoms with Crippen LogP contribution in [0.1, 0.15) is 20.6 Å². The van der Waals surface area contributed by atoms with Gasteiger partial charge in [0, 0.05) is 10.8 Å². The van der Waals surface area contributed by atoms with Gasteiger partial charge in [0.15, 0.2) is 0 Å². The van der Waals surface area contributed by atoms with Crippen LogP contribution in [-0.2, 0) is 0 Å². The first-order chi connectivity index (χ1) is 31.5. The third kappa shape index (κ3) is 4.22. The predicted molar refractivity (Wildman–Crippen MR) is 218 cm³/mol. The number of fused-ring (bicyclic) bond motifs is 8. The molecule has 0 amide bonds. The molecule has 0 unspecified atom stereocenters. The number of hydrogen-bond acceptors (Lipinski definition) is 1. The van der Waals surface area contributed by atoms with Crippen molar-refractivity contribution >= 4 is 75.8 Å². The van der Waals surface area contributed by atoms with Crippen molar-refractivity contribution in [3.05, 3.63) is 182 Å². The van der Waals surface area contributed by atoms with E-state index < -0.39 is 107 Å². The van der Waals surface area contributed by atoms with Gasteiger partial charge in [-0.25, -0.2) is 0 Å². The highest BCUT2D eigenvalue weighted by molar-refractivity contribution is 6.25. The summed E-state index contributed by atoms with van der Waals surface area (Å²) in [7, 11) is 0. The second-order valence-corrected chi connectivity index (χ2v) is 12.4. The molecule has 1 heteroatoms. The molecule has 0 N–H and O–H groups in total. The predicted octanol–water partition coefficient (Wildman–Crippen LogP) is 14.4. The van der Waals surface area contributed by atoms with Gasteiger partial charge in [-0.1, -0.05) is 157 Å². The van der Waals surface area contributed by atoms with Gasteiger partial charge in [-0.15, -0.1) is 0 Å². The maximum absolute atomic E-state index is 9.53. The first kappa shape index (κ1) is 17.3. The van der Waals surface area contributed by atoms with Gasteiger partial charge < -0.3 is 4.42 Å². The molecule has 11 rings (SSSR count). The third-order valence-corrected chi connectivity index (χ3v) is 9.72. The van der Waals surface area contributed by atoms with Crippen molar-refractivity contribution in [2.45, 2.75) is 0 Å². The van der Waals surface area contributed by atoms with Crippen LogP contribution in [0.15, 0.2) is 186 Å². The monoisotopic (exact) mass is 661 g/mol. The average molecular weight is 662 g/mol. The van der Waals surface area contributed by atoms with E-state index in [1.165, 1.54) is 0 Å². The second-order valence-electron chi connectivity index (χ2n) is 12.4. The van der Waals surface area contributed by atoms with Gasteiger partial charge in [-0.3, -0.25) is 0 Å². The van der Waals surface area contributed by atoms with E-state index in [9.17, 15) is 8.22 Å². The van der Waals surface area contributed by atoms with Crippen molar-refractivity contribution in [2.24, 2.45) is 0 Å². The van der Waals surface area contributed by atoms with Crippen LogP contribution in [-0.4, -0.2) is 0 Å². The van der Waals surface area contributed by atoms with Crippen LogP contribution in [0.4, 0.5) is 0 Å². The SMILES string of the molecule is [2H]c1c([2H])c([2H])c2c([2H])c(-c3c4c([2H])c([2H])c([2H])c([2H])c4c(-c4cccc5c(-c6cccc7oc8cc9ccccc9cc8c67)cccc45)c4c([2H])c([2H])c([2H])c([2H])c34)c([2H])c([2H])c2c1[2H]. The second kappa shape index (κ2) is 10.9. The molecular formula is C50H30O. The van der Waals surface area contributed by atoms with Crippen LogP contribution in [0, 0.1) is 0 Å². The van der Waals surface area contributed by atoms with Gasteiger partial charge in [0.2, 0.25) is 0 Å². The molecule has 236 valence electrons. The first-order valence-electron chi connectivity index (χ1n) is 23.9. The summed E-state index contributed by atoms with van der Waals surface area (Å²) in [5.41, 5.74) is 2.51. The lowest BCUT2D eigenvalue weighted by Gasteiger charge is -2.19. The summed E-state index contributed by atoms with van der Waals surface area (Å²) in [6.07, 6.45) is 0. The summed E-state index contributed by atoms with van der Waals surface area (Å²) in [6, 6.07) is 18.9. The molecule has 0 aliphatic rings. The van der Waals surface area contributed by atoms with Crippen LogP contribution in [0.5, 0.6) is 0 Å². The summed E-state index contributed by atoms with van der Waals surface area (Å²) in [5, 5.41) is 3.29. The van der Waals surface area contributed by atoms with E-state index in [0.29, 0.717) is 27.5 Å². The number of furan rings is 1. The average Bonchev–Trinajstić information content (AvgIpc) is 3.69. The Morgan fingerprint density at radius 3 is 1.71 bits per heavy atom. The van der Waals surface area contributed by atoms with Gasteiger partial charge >= 0.3 is 0 Å². The van der Waals surface area contributed by atoms with Crippen LogP contribution >= 0.6 is 0 Å². The molecule has 0 saturated carbocycles.